The van der Waals surface area contributed by atoms with Crippen molar-refractivity contribution in [2.45, 2.75) is 19.4 Å². The average molecular weight is 268 g/mol. The van der Waals surface area contributed by atoms with Gasteiger partial charge in [0.2, 0.25) is 0 Å². The third kappa shape index (κ3) is 2.63. The van der Waals surface area contributed by atoms with Crippen LogP contribution in [0.3, 0.4) is 0 Å². The van der Waals surface area contributed by atoms with Crippen molar-refractivity contribution in [2.75, 3.05) is 30.3 Å². The molecule has 1 aliphatic heterocycles. The maximum Gasteiger partial charge on any atom is 0.340 e. The highest BCUT2D eigenvalue weighted by Gasteiger charge is 2.30. The summed E-state index contributed by atoms with van der Waals surface area (Å²) in [5, 5.41) is 9.23. The monoisotopic (exact) mass is 268 g/mol. The molecule has 0 spiro atoms. The smallest absolute Gasteiger partial charge is 0.340 e. The van der Waals surface area contributed by atoms with Gasteiger partial charge in [-0.3, -0.25) is 0 Å². The molecule has 1 fully saturated rings. The second-order valence-corrected chi connectivity index (χ2v) is 5.19. The topological polar surface area (TPSA) is 75.8 Å². The number of morpholine rings is 1. The standard InChI is InChI=1S/C13H17FN2O3/c1-13(2)7-16(5-6-19-13)9-4-3-8(14)11(15)10(9)12(17)18/h3-4H,5-7,15H2,1-2H3,(H,17,18). The Labute approximate surface area is 110 Å². The van der Waals surface area contributed by atoms with Crippen LogP contribution >= 0.6 is 0 Å². The number of nitrogens with zero attached hydrogens (tertiary/aromatic N) is 1. The lowest BCUT2D eigenvalue weighted by Gasteiger charge is -2.40. The summed E-state index contributed by atoms with van der Waals surface area (Å²) in [7, 11) is 0. The first-order valence-corrected chi connectivity index (χ1v) is 6.02. The number of ether oxygens (including phenoxy) is 1. The van der Waals surface area contributed by atoms with E-state index >= 15 is 0 Å². The quantitative estimate of drug-likeness (QED) is 0.799. The molecule has 0 unspecified atom stereocenters. The number of rotatable bonds is 2. The van der Waals surface area contributed by atoms with Crippen molar-refractivity contribution >= 4 is 17.3 Å². The maximum absolute atomic E-state index is 13.4. The Morgan fingerprint density at radius 1 is 1.53 bits per heavy atom. The molecule has 2 rings (SSSR count). The first-order chi connectivity index (χ1) is 8.82. The zero-order valence-electron chi connectivity index (χ0n) is 10.9. The highest BCUT2D eigenvalue weighted by atomic mass is 19.1. The Balaban J connectivity index is 2.45. The molecule has 0 aromatic heterocycles. The van der Waals surface area contributed by atoms with Crippen LogP contribution in [0.2, 0.25) is 0 Å². The van der Waals surface area contributed by atoms with E-state index in [1.54, 1.807) is 0 Å². The molecule has 1 aromatic rings. The number of carboxylic acid groups (broad SMARTS) is 1. The molecule has 1 saturated heterocycles. The van der Waals surface area contributed by atoms with E-state index in [1.165, 1.54) is 12.1 Å². The summed E-state index contributed by atoms with van der Waals surface area (Å²) < 4.78 is 19.0. The van der Waals surface area contributed by atoms with E-state index in [1.807, 2.05) is 18.7 Å². The van der Waals surface area contributed by atoms with Gasteiger partial charge < -0.3 is 20.5 Å². The summed E-state index contributed by atoms with van der Waals surface area (Å²) in [4.78, 5) is 13.2. The van der Waals surface area contributed by atoms with Crippen molar-refractivity contribution in [3.8, 4) is 0 Å². The van der Waals surface area contributed by atoms with E-state index in [9.17, 15) is 14.3 Å². The molecule has 1 heterocycles. The number of carboxylic acids is 1. The number of nitrogens with two attached hydrogens (primary N) is 1. The fourth-order valence-electron chi connectivity index (χ4n) is 2.29. The number of halogens is 1. The molecule has 1 aromatic carbocycles. The predicted octanol–water partition coefficient (Wildman–Crippen LogP) is 1.72. The lowest BCUT2D eigenvalue weighted by molar-refractivity contribution is -0.0277. The van der Waals surface area contributed by atoms with Crippen molar-refractivity contribution in [3.05, 3.63) is 23.5 Å². The molecule has 0 radical (unpaired) electrons. The molecule has 1 aliphatic rings. The van der Waals surface area contributed by atoms with Gasteiger partial charge in [0, 0.05) is 13.1 Å². The Kier molecular flexibility index (Phi) is 3.36. The molecule has 0 bridgehead atoms. The van der Waals surface area contributed by atoms with Gasteiger partial charge in [0.15, 0.2) is 0 Å². The average Bonchev–Trinajstić information content (AvgIpc) is 2.30. The van der Waals surface area contributed by atoms with Crippen molar-refractivity contribution < 1.29 is 19.0 Å². The minimum atomic E-state index is -1.23. The van der Waals surface area contributed by atoms with Crippen molar-refractivity contribution in [1.29, 1.82) is 0 Å². The molecule has 0 atom stereocenters. The van der Waals surface area contributed by atoms with Crippen LogP contribution in [0.25, 0.3) is 0 Å². The number of benzene rings is 1. The third-order valence-corrected chi connectivity index (χ3v) is 3.15. The van der Waals surface area contributed by atoms with Gasteiger partial charge in [-0.1, -0.05) is 0 Å². The maximum atomic E-state index is 13.4. The van der Waals surface area contributed by atoms with E-state index in [2.05, 4.69) is 0 Å². The number of carbonyl (C=O) groups is 1. The minimum absolute atomic E-state index is 0.183. The van der Waals surface area contributed by atoms with Crippen LogP contribution in [-0.2, 0) is 4.74 Å². The van der Waals surface area contributed by atoms with Crippen LogP contribution in [-0.4, -0.2) is 36.4 Å². The highest BCUT2D eigenvalue weighted by molar-refractivity contribution is 6.00. The van der Waals surface area contributed by atoms with E-state index in [0.717, 1.165) is 0 Å². The first kappa shape index (κ1) is 13.6. The molecular weight excluding hydrogens is 251 g/mol. The van der Waals surface area contributed by atoms with Gasteiger partial charge in [-0.15, -0.1) is 0 Å². The van der Waals surface area contributed by atoms with Gasteiger partial charge in [-0.25, -0.2) is 9.18 Å². The van der Waals surface area contributed by atoms with E-state index < -0.39 is 11.8 Å². The van der Waals surface area contributed by atoms with Crippen molar-refractivity contribution in [1.82, 2.24) is 0 Å². The lowest BCUT2D eigenvalue weighted by Crippen LogP contribution is -2.48. The highest BCUT2D eigenvalue weighted by Crippen LogP contribution is 2.31. The van der Waals surface area contributed by atoms with Gasteiger partial charge in [0.1, 0.15) is 11.4 Å². The molecule has 0 amide bonds. The SMILES string of the molecule is CC1(C)CN(c2ccc(F)c(N)c2C(=O)O)CCO1. The van der Waals surface area contributed by atoms with Crippen LogP contribution in [0, 0.1) is 5.82 Å². The number of nitrogen functional groups attached to an aromatic ring is 1. The van der Waals surface area contributed by atoms with Gasteiger partial charge in [0.25, 0.3) is 0 Å². The van der Waals surface area contributed by atoms with E-state index in [0.29, 0.717) is 25.4 Å². The van der Waals surface area contributed by atoms with Crippen LogP contribution in [0.15, 0.2) is 12.1 Å². The molecule has 5 nitrogen and oxygen atoms in total. The molecule has 6 heteroatoms. The normalized spacial score (nSPS) is 18.4. The van der Waals surface area contributed by atoms with Gasteiger partial charge in [-0.05, 0) is 26.0 Å². The summed E-state index contributed by atoms with van der Waals surface area (Å²) in [6, 6.07) is 2.65. The first-order valence-electron chi connectivity index (χ1n) is 6.02. The number of aromatic carboxylic acids is 1. The lowest BCUT2D eigenvalue weighted by atomic mass is 10.0. The van der Waals surface area contributed by atoms with E-state index in [-0.39, 0.29) is 16.9 Å². The Bertz CT molecular complexity index is 517. The summed E-state index contributed by atoms with van der Waals surface area (Å²) >= 11 is 0. The van der Waals surface area contributed by atoms with Crippen LogP contribution in [0.5, 0.6) is 0 Å². The number of hydrogen-bond acceptors (Lipinski definition) is 4. The molecule has 0 saturated carbocycles. The van der Waals surface area contributed by atoms with E-state index in [4.69, 9.17) is 10.5 Å². The van der Waals surface area contributed by atoms with Crippen LogP contribution in [0.4, 0.5) is 15.8 Å². The van der Waals surface area contributed by atoms with Gasteiger partial charge in [-0.2, -0.15) is 0 Å². The summed E-state index contributed by atoms with van der Waals surface area (Å²) in [5.41, 5.74) is 5.09. The second-order valence-electron chi connectivity index (χ2n) is 5.19. The molecule has 0 aliphatic carbocycles. The fraction of sp³-hybridized carbons (Fsp3) is 0.462. The Hall–Kier alpha value is -1.82. The molecule has 19 heavy (non-hydrogen) atoms. The second kappa shape index (κ2) is 4.70. The number of hydrogen-bond donors (Lipinski definition) is 2. The number of anilines is 2. The van der Waals surface area contributed by atoms with Crippen molar-refractivity contribution in [3.63, 3.8) is 0 Å². The zero-order chi connectivity index (χ0) is 14.2. The summed E-state index contributed by atoms with van der Waals surface area (Å²) in [5.74, 6) is -1.94. The largest absolute Gasteiger partial charge is 0.478 e. The third-order valence-electron chi connectivity index (χ3n) is 3.15. The molecular formula is C13H17FN2O3. The Morgan fingerprint density at radius 3 is 2.79 bits per heavy atom. The fourth-order valence-corrected chi connectivity index (χ4v) is 2.29. The summed E-state index contributed by atoms with van der Waals surface area (Å²) in [6.45, 7) is 5.41. The Morgan fingerprint density at radius 2 is 2.21 bits per heavy atom. The van der Waals surface area contributed by atoms with Gasteiger partial charge >= 0.3 is 5.97 Å². The molecule has 3 N–H and O–H groups in total. The minimum Gasteiger partial charge on any atom is -0.478 e. The van der Waals surface area contributed by atoms with Gasteiger partial charge in [0.05, 0.1) is 23.6 Å². The van der Waals surface area contributed by atoms with Crippen molar-refractivity contribution in [2.24, 2.45) is 0 Å². The zero-order valence-corrected chi connectivity index (χ0v) is 10.9. The predicted molar refractivity (Wildman–Crippen MR) is 70.0 cm³/mol. The van der Waals surface area contributed by atoms with Crippen LogP contribution in [0.1, 0.15) is 24.2 Å². The molecule has 104 valence electrons. The summed E-state index contributed by atoms with van der Waals surface area (Å²) in [6.07, 6.45) is 0. The van der Waals surface area contributed by atoms with Crippen LogP contribution < -0.4 is 10.6 Å².